The van der Waals surface area contributed by atoms with Crippen molar-refractivity contribution in [2.45, 2.75) is 33.6 Å². The molecule has 0 unspecified atom stereocenters. The van der Waals surface area contributed by atoms with E-state index >= 15 is 0 Å². The van der Waals surface area contributed by atoms with E-state index in [0.717, 1.165) is 5.69 Å². The van der Waals surface area contributed by atoms with Gasteiger partial charge in [-0.15, -0.1) is 0 Å². The Morgan fingerprint density at radius 3 is 1.85 bits per heavy atom. The first-order valence-electron chi connectivity index (χ1n) is 10.7. The predicted octanol–water partition coefficient (Wildman–Crippen LogP) is 4.87. The summed E-state index contributed by atoms with van der Waals surface area (Å²) in [6, 6.07) is 15.4. The lowest BCUT2D eigenvalue weighted by Crippen LogP contribution is -2.35. The number of para-hydroxylation sites is 2. The first-order valence-corrected chi connectivity index (χ1v) is 10.7. The van der Waals surface area contributed by atoms with Crippen molar-refractivity contribution in [1.82, 2.24) is 0 Å². The van der Waals surface area contributed by atoms with Gasteiger partial charge in [-0.2, -0.15) is 0 Å². The van der Waals surface area contributed by atoms with Crippen molar-refractivity contribution in [3.05, 3.63) is 92.8 Å². The van der Waals surface area contributed by atoms with Crippen LogP contribution >= 0.6 is 0 Å². The topological polar surface area (TPSA) is 99.0 Å². The van der Waals surface area contributed by atoms with E-state index in [1.54, 1.807) is 50.8 Å². The monoisotopic (exact) mass is 450 g/mol. The number of nitro groups is 1. The number of ether oxygens (including phenoxy) is 2. The van der Waals surface area contributed by atoms with Gasteiger partial charge in [-0.1, -0.05) is 36.4 Å². The Bertz CT molecular complexity index is 1090. The van der Waals surface area contributed by atoms with Gasteiger partial charge in [0.2, 0.25) is 0 Å². The van der Waals surface area contributed by atoms with Crippen LogP contribution in [0.4, 0.5) is 11.4 Å². The van der Waals surface area contributed by atoms with Gasteiger partial charge in [0.25, 0.3) is 5.69 Å². The molecule has 0 bridgehead atoms. The van der Waals surface area contributed by atoms with Gasteiger partial charge >= 0.3 is 11.9 Å². The highest BCUT2D eigenvalue weighted by Crippen LogP contribution is 2.46. The molecular weight excluding hydrogens is 424 g/mol. The summed E-state index contributed by atoms with van der Waals surface area (Å²) in [6.07, 6.45) is 0. The van der Waals surface area contributed by atoms with Crippen LogP contribution in [0.2, 0.25) is 0 Å². The molecule has 0 aromatic heterocycles. The van der Waals surface area contributed by atoms with Crippen LogP contribution in [-0.2, 0) is 19.1 Å². The van der Waals surface area contributed by atoms with Gasteiger partial charge in [0.1, 0.15) is 0 Å². The molecule has 8 heteroatoms. The minimum atomic E-state index is -1.02. The van der Waals surface area contributed by atoms with Gasteiger partial charge in [0, 0.05) is 28.7 Å². The van der Waals surface area contributed by atoms with Gasteiger partial charge in [-0.3, -0.25) is 10.1 Å². The van der Waals surface area contributed by atoms with Crippen molar-refractivity contribution >= 4 is 23.3 Å². The van der Waals surface area contributed by atoms with Gasteiger partial charge in [0.05, 0.1) is 35.2 Å². The number of anilines is 1. The SMILES string of the molecule is CCOC(=O)C1=C(C)N(c2ccccc2)C(C)=C(C(=O)OCC)C1c1ccccc1[N+](=O)[O-]. The number of hydrogen-bond donors (Lipinski definition) is 0. The van der Waals surface area contributed by atoms with Gasteiger partial charge in [-0.25, -0.2) is 9.59 Å². The van der Waals surface area contributed by atoms with Gasteiger partial charge < -0.3 is 14.4 Å². The second kappa shape index (κ2) is 10.1. The predicted molar refractivity (Wildman–Crippen MR) is 123 cm³/mol. The highest BCUT2D eigenvalue weighted by atomic mass is 16.6. The molecule has 8 nitrogen and oxygen atoms in total. The lowest BCUT2D eigenvalue weighted by Gasteiger charge is -2.37. The number of hydrogen-bond acceptors (Lipinski definition) is 7. The number of nitrogens with zero attached hydrogens (tertiary/aromatic N) is 2. The fourth-order valence-corrected chi connectivity index (χ4v) is 4.18. The summed E-state index contributed by atoms with van der Waals surface area (Å²) in [5.74, 6) is -2.31. The Hall–Kier alpha value is -3.94. The van der Waals surface area contributed by atoms with E-state index in [9.17, 15) is 19.7 Å². The summed E-state index contributed by atoms with van der Waals surface area (Å²) in [6.45, 7) is 7.07. The molecule has 33 heavy (non-hydrogen) atoms. The van der Waals surface area contributed by atoms with E-state index < -0.39 is 22.8 Å². The zero-order valence-corrected chi connectivity index (χ0v) is 19.0. The first kappa shape index (κ1) is 23.7. The minimum absolute atomic E-state index is 0.113. The Balaban J connectivity index is 2.39. The average molecular weight is 450 g/mol. The standard InChI is InChI=1S/C25H26N2O6/c1-5-32-24(28)21-16(3)26(18-12-8-7-9-13-18)17(4)22(25(29)33-6-2)23(21)19-14-10-11-15-20(19)27(30)31/h7-15,23H,5-6H2,1-4H3. The van der Waals surface area contributed by atoms with Crippen LogP contribution in [0.25, 0.3) is 0 Å². The fourth-order valence-electron chi connectivity index (χ4n) is 4.18. The smallest absolute Gasteiger partial charge is 0.336 e. The van der Waals surface area contributed by atoms with E-state index in [-0.39, 0.29) is 35.6 Å². The molecule has 0 spiro atoms. The molecule has 3 rings (SSSR count). The molecule has 1 aliphatic heterocycles. The number of carbonyl (C=O) groups is 2. The zero-order chi connectivity index (χ0) is 24.1. The maximum Gasteiger partial charge on any atom is 0.336 e. The summed E-state index contributed by atoms with van der Waals surface area (Å²) < 4.78 is 10.7. The van der Waals surface area contributed by atoms with Crippen molar-refractivity contribution < 1.29 is 24.0 Å². The molecular formula is C25H26N2O6. The maximum atomic E-state index is 13.2. The molecule has 1 heterocycles. The third kappa shape index (κ3) is 4.50. The molecule has 0 amide bonds. The number of carbonyl (C=O) groups excluding carboxylic acids is 2. The molecule has 0 atom stereocenters. The highest BCUT2D eigenvalue weighted by Gasteiger charge is 2.43. The minimum Gasteiger partial charge on any atom is -0.463 e. The second-order valence-corrected chi connectivity index (χ2v) is 7.36. The molecule has 2 aromatic carbocycles. The Labute approximate surface area is 192 Å². The Kier molecular flexibility index (Phi) is 7.27. The van der Waals surface area contributed by atoms with E-state index in [1.807, 2.05) is 30.3 Å². The third-order valence-corrected chi connectivity index (χ3v) is 5.48. The quantitative estimate of drug-likeness (QED) is 0.337. The van der Waals surface area contributed by atoms with Crippen LogP contribution < -0.4 is 4.90 Å². The van der Waals surface area contributed by atoms with E-state index in [4.69, 9.17) is 9.47 Å². The van der Waals surface area contributed by atoms with E-state index in [2.05, 4.69) is 0 Å². The number of esters is 2. The summed E-state index contributed by atoms with van der Waals surface area (Å²) >= 11 is 0. The van der Waals surface area contributed by atoms with Crippen LogP contribution in [-0.4, -0.2) is 30.1 Å². The normalized spacial score (nSPS) is 14.4. The summed E-state index contributed by atoms with van der Waals surface area (Å²) in [5, 5.41) is 11.8. The van der Waals surface area contributed by atoms with Crippen LogP contribution in [0.3, 0.4) is 0 Å². The first-order chi connectivity index (χ1) is 15.8. The molecule has 0 aliphatic carbocycles. The molecule has 0 radical (unpaired) electrons. The molecule has 0 N–H and O–H groups in total. The van der Waals surface area contributed by atoms with Crippen molar-refractivity contribution in [3.8, 4) is 0 Å². The summed E-state index contributed by atoms with van der Waals surface area (Å²) in [4.78, 5) is 39.6. The molecule has 0 saturated heterocycles. The largest absolute Gasteiger partial charge is 0.463 e. The molecule has 0 fully saturated rings. The van der Waals surface area contributed by atoms with Crippen LogP contribution in [0, 0.1) is 10.1 Å². The number of rotatable bonds is 7. The zero-order valence-electron chi connectivity index (χ0n) is 19.0. The highest BCUT2D eigenvalue weighted by molar-refractivity contribution is 6.02. The van der Waals surface area contributed by atoms with Crippen LogP contribution in [0.15, 0.2) is 77.1 Å². The second-order valence-electron chi connectivity index (χ2n) is 7.36. The summed E-state index contributed by atoms with van der Waals surface area (Å²) in [5.41, 5.74) is 2.12. The van der Waals surface area contributed by atoms with Crippen molar-refractivity contribution in [2.75, 3.05) is 18.1 Å². The number of benzene rings is 2. The molecule has 0 saturated carbocycles. The van der Waals surface area contributed by atoms with Crippen molar-refractivity contribution in [2.24, 2.45) is 0 Å². The number of nitro benzene ring substituents is 1. The third-order valence-electron chi connectivity index (χ3n) is 5.48. The Morgan fingerprint density at radius 2 is 1.36 bits per heavy atom. The summed E-state index contributed by atoms with van der Waals surface area (Å²) in [7, 11) is 0. The maximum absolute atomic E-state index is 13.2. The van der Waals surface area contributed by atoms with Gasteiger partial charge in [-0.05, 0) is 39.8 Å². The van der Waals surface area contributed by atoms with Crippen molar-refractivity contribution in [1.29, 1.82) is 0 Å². The molecule has 172 valence electrons. The van der Waals surface area contributed by atoms with Crippen molar-refractivity contribution in [3.63, 3.8) is 0 Å². The fraction of sp³-hybridized carbons (Fsp3) is 0.280. The average Bonchev–Trinajstić information content (AvgIpc) is 2.79. The van der Waals surface area contributed by atoms with Crippen LogP contribution in [0.1, 0.15) is 39.2 Å². The van der Waals surface area contributed by atoms with E-state index in [0.29, 0.717) is 11.4 Å². The Morgan fingerprint density at radius 1 is 0.879 bits per heavy atom. The van der Waals surface area contributed by atoms with E-state index in [1.165, 1.54) is 6.07 Å². The lowest BCUT2D eigenvalue weighted by atomic mass is 9.79. The van der Waals surface area contributed by atoms with Gasteiger partial charge in [0.15, 0.2) is 0 Å². The van der Waals surface area contributed by atoms with Crippen LogP contribution in [0.5, 0.6) is 0 Å². The molecule has 1 aliphatic rings. The molecule has 2 aromatic rings. The number of allylic oxidation sites excluding steroid dienone is 2. The lowest BCUT2D eigenvalue weighted by molar-refractivity contribution is -0.385.